The fourth-order valence-corrected chi connectivity index (χ4v) is 5.33. The summed E-state index contributed by atoms with van der Waals surface area (Å²) in [5.74, 6) is -1.82. The van der Waals surface area contributed by atoms with E-state index < -0.39 is 21.7 Å². The molecule has 0 atom stereocenters. The first-order chi connectivity index (χ1) is 13.4. The van der Waals surface area contributed by atoms with Gasteiger partial charge in [-0.15, -0.1) is 5.10 Å². The number of aryl methyl sites for hydroxylation is 1. The Morgan fingerprint density at radius 2 is 1.64 bits per heavy atom. The minimum absolute atomic E-state index is 0.0939. The van der Waals surface area contributed by atoms with Crippen LogP contribution in [-0.2, 0) is 29.7 Å². The third-order valence-corrected chi connectivity index (χ3v) is 7.14. The second kappa shape index (κ2) is 7.84. The predicted molar refractivity (Wildman–Crippen MR) is 97.7 cm³/mol. The van der Waals surface area contributed by atoms with E-state index in [1.165, 1.54) is 10.7 Å². The van der Waals surface area contributed by atoms with Gasteiger partial charge in [-0.1, -0.05) is 11.6 Å². The van der Waals surface area contributed by atoms with Gasteiger partial charge >= 0.3 is 0 Å². The molecule has 28 heavy (non-hydrogen) atoms. The highest BCUT2D eigenvalue weighted by Gasteiger charge is 2.30. The van der Waals surface area contributed by atoms with E-state index in [-0.39, 0.29) is 18.0 Å². The number of rotatable bonds is 4. The summed E-state index contributed by atoms with van der Waals surface area (Å²) in [6, 6.07) is 2.37. The quantitative estimate of drug-likeness (QED) is 0.771. The smallest absolute Gasteiger partial charge is 0.243 e. The van der Waals surface area contributed by atoms with Crippen LogP contribution in [0.1, 0.15) is 37.1 Å². The molecule has 2 aliphatic rings. The Balaban J connectivity index is 1.61. The lowest BCUT2D eigenvalue weighted by Gasteiger charge is -2.26. The predicted octanol–water partition coefficient (Wildman–Crippen LogP) is 2.14. The van der Waals surface area contributed by atoms with E-state index in [0.29, 0.717) is 25.6 Å². The van der Waals surface area contributed by atoms with Crippen molar-refractivity contribution < 1.29 is 17.2 Å². The van der Waals surface area contributed by atoms with E-state index in [1.807, 2.05) is 0 Å². The number of halogens is 2. The summed E-state index contributed by atoms with van der Waals surface area (Å²) in [6.45, 7) is 3.54. The van der Waals surface area contributed by atoms with E-state index >= 15 is 0 Å². The van der Waals surface area contributed by atoms with E-state index in [2.05, 4.69) is 15.2 Å². The van der Waals surface area contributed by atoms with Crippen LogP contribution in [0.3, 0.4) is 0 Å². The molecule has 0 amide bonds. The van der Waals surface area contributed by atoms with E-state index in [0.717, 1.165) is 49.5 Å². The number of hydrogen-bond donors (Lipinski definition) is 0. The maximum Gasteiger partial charge on any atom is 0.243 e. The average molecular weight is 411 g/mol. The Kier molecular flexibility index (Phi) is 5.44. The molecule has 4 rings (SSSR count). The lowest BCUT2D eigenvalue weighted by Crippen LogP contribution is -2.32. The third-order valence-electron chi connectivity index (χ3n) is 5.32. The van der Waals surface area contributed by atoms with Gasteiger partial charge in [0.15, 0.2) is 0 Å². The zero-order chi connectivity index (χ0) is 19.7. The summed E-state index contributed by atoms with van der Waals surface area (Å²) in [6.07, 6.45) is 4.08. The van der Waals surface area contributed by atoms with E-state index in [1.54, 1.807) is 4.68 Å². The summed E-state index contributed by atoms with van der Waals surface area (Å²) in [4.78, 5) is 1.93. The lowest BCUT2D eigenvalue weighted by molar-refractivity contribution is 0.217. The number of benzene rings is 1. The third kappa shape index (κ3) is 3.94. The van der Waals surface area contributed by atoms with Gasteiger partial charge in [-0.25, -0.2) is 21.9 Å². The molecular formula is C18H23F2N5O2S. The van der Waals surface area contributed by atoms with Crippen LogP contribution in [0, 0.1) is 11.6 Å². The number of aromatic nitrogens is 3. The van der Waals surface area contributed by atoms with Crippen LogP contribution < -0.4 is 0 Å². The molecule has 7 nitrogen and oxygen atoms in total. The molecule has 10 heteroatoms. The van der Waals surface area contributed by atoms with Crippen molar-refractivity contribution in [2.24, 2.45) is 0 Å². The van der Waals surface area contributed by atoms with Crippen molar-refractivity contribution in [2.75, 3.05) is 19.6 Å². The van der Waals surface area contributed by atoms with Crippen molar-refractivity contribution >= 4 is 10.0 Å². The Morgan fingerprint density at radius 1 is 0.929 bits per heavy atom. The summed E-state index contributed by atoms with van der Waals surface area (Å²) in [7, 11) is -4.03. The molecule has 0 N–H and O–H groups in total. The molecule has 0 saturated carbocycles. The number of hydrogen-bond acceptors (Lipinski definition) is 5. The molecule has 2 aromatic rings. The monoisotopic (exact) mass is 411 g/mol. The molecule has 0 aliphatic carbocycles. The minimum atomic E-state index is -4.03. The van der Waals surface area contributed by atoms with Crippen molar-refractivity contribution in [3.63, 3.8) is 0 Å². The maximum absolute atomic E-state index is 13.6. The Bertz CT molecular complexity index is 937. The fourth-order valence-electron chi connectivity index (χ4n) is 3.85. The van der Waals surface area contributed by atoms with Gasteiger partial charge in [0, 0.05) is 25.7 Å². The number of nitrogens with zero attached hydrogens (tertiary/aromatic N) is 5. The normalized spacial score (nSPS) is 19.4. The number of piperidine rings is 1. The Hall–Kier alpha value is -1.91. The highest BCUT2D eigenvalue weighted by molar-refractivity contribution is 7.89. The second-order valence-corrected chi connectivity index (χ2v) is 9.28. The van der Waals surface area contributed by atoms with Gasteiger partial charge < -0.3 is 0 Å². The Labute approximate surface area is 163 Å². The topological polar surface area (TPSA) is 71.3 Å². The summed E-state index contributed by atoms with van der Waals surface area (Å²) in [5, 5.41) is 8.48. The standard InChI is InChI=1S/C18H23F2N5O2S/c19-14-9-15(20)11-16(10-14)28(26,27)24-7-4-8-25-18(13-24)17(21-22-25)12-23-5-2-1-3-6-23/h9-11H,1-8,12-13H2. The first kappa shape index (κ1) is 19.4. The van der Waals surface area contributed by atoms with Crippen LogP contribution in [0.2, 0.25) is 0 Å². The van der Waals surface area contributed by atoms with Crippen LogP contribution in [0.5, 0.6) is 0 Å². The van der Waals surface area contributed by atoms with E-state index in [4.69, 9.17) is 0 Å². The summed E-state index contributed by atoms with van der Waals surface area (Å²) < 4.78 is 56.2. The molecule has 1 saturated heterocycles. The van der Waals surface area contributed by atoms with Gasteiger partial charge in [0.25, 0.3) is 0 Å². The summed E-state index contributed by atoms with van der Waals surface area (Å²) >= 11 is 0. The fraction of sp³-hybridized carbons (Fsp3) is 0.556. The molecule has 152 valence electrons. The second-order valence-electron chi connectivity index (χ2n) is 7.34. The van der Waals surface area contributed by atoms with Crippen LogP contribution in [-0.4, -0.2) is 52.3 Å². The van der Waals surface area contributed by atoms with Crippen LogP contribution in [0.25, 0.3) is 0 Å². The van der Waals surface area contributed by atoms with Crippen molar-refractivity contribution in [1.82, 2.24) is 24.2 Å². The summed E-state index contributed by atoms with van der Waals surface area (Å²) in [5.41, 5.74) is 1.53. The first-order valence-corrected chi connectivity index (χ1v) is 11.0. The molecule has 1 aromatic carbocycles. The van der Waals surface area contributed by atoms with Crippen LogP contribution in [0.4, 0.5) is 8.78 Å². The van der Waals surface area contributed by atoms with Gasteiger partial charge in [-0.3, -0.25) is 4.90 Å². The van der Waals surface area contributed by atoms with Gasteiger partial charge in [0.1, 0.15) is 17.3 Å². The molecule has 0 radical (unpaired) electrons. The minimum Gasteiger partial charge on any atom is -0.297 e. The number of sulfonamides is 1. The van der Waals surface area contributed by atoms with Crippen LogP contribution in [0.15, 0.2) is 23.1 Å². The average Bonchev–Trinajstić information content (AvgIpc) is 2.89. The molecule has 1 aromatic heterocycles. The van der Waals surface area contributed by atoms with Gasteiger partial charge in [0.05, 0.1) is 17.1 Å². The van der Waals surface area contributed by atoms with Crippen LogP contribution >= 0.6 is 0 Å². The molecule has 1 fully saturated rings. The van der Waals surface area contributed by atoms with Gasteiger partial charge in [-0.2, -0.15) is 4.31 Å². The lowest BCUT2D eigenvalue weighted by atomic mass is 10.1. The number of fused-ring (bicyclic) bond motifs is 1. The molecular weight excluding hydrogens is 388 g/mol. The van der Waals surface area contributed by atoms with E-state index in [9.17, 15) is 17.2 Å². The highest BCUT2D eigenvalue weighted by Crippen LogP contribution is 2.24. The van der Waals surface area contributed by atoms with Crippen molar-refractivity contribution in [3.8, 4) is 0 Å². The zero-order valence-electron chi connectivity index (χ0n) is 15.5. The number of likely N-dealkylation sites (tertiary alicyclic amines) is 1. The van der Waals surface area contributed by atoms with Crippen molar-refractivity contribution in [3.05, 3.63) is 41.2 Å². The largest absolute Gasteiger partial charge is 0.297 e. The van der Waals surface area contributed by atoms with Gasteiger partial charge in [-0.05, 0) is 44.5 Å². The molecule has 0 bridgehead atoms. The van der Waals surface area contributed by atoms with Crippen molar-refractivity contribution in [2.45, 2.75) is 50.2 Å². The zero-order valence-corrected chi connectivity index (χ0v) is 16.3. The SMILES string of the molecule is O=S(=O)(c1cc(F)cc(F)c1)N1CCCn2nnc(CN3CCCCC3)c2C1. The molecule has 3 heterocycles. The Morgan fingerprint density at radius 3 is 2.36 bits per heavy atom. The first-order valence-electron chi connectivity index (χ1n) is 9.53. The highest BCUT2D eigenvalue weighted by atomic mass is 32.2. The van der Waals surface area contributed by atoms with Gasteiger partial charge in [0.2, 0.25) is 10.0 Å². The molecule has 0 unspecified atom stereocenters. The van der Waals surface area contributed by atoms with Crippen molar-refractivity contribution in [1.29, 1.82) is 0 Å². The molecule has 0 spiro atoms. The molecule has 2 aliphatic heterocycles. The maximum atomic E-state index is 13.6.